The molecule has 0 spiro atoms. The summed E-state index contributed by atoms with van der Waals surface area (Å²) in [5.41, 5.74) is 4.92. The number of thiazole rings is 1. The van der Waals surface area contributed by atoms with Gasteiger partial charge in [0.15, 0.2) is 0 Å². The lowest BCUT2D eigenvalue weighted by molar-refractivity contribution is -0.137. The van der Waals surface area contributed by atoms with Gasteiger partial charge in [-0.15, -0.1) is 0 Å². The summed E-state index contributed by atoms with van der Waals surface area (Å²) in [6.45, 7) is 5.55. The summed E-state index contributed by atoms with van der Waals surface area (Å²) in [4.78, 5) is 28.9. The Morgan fingerprint density at radius 2 is 2.30 bits per heavy atom. The van der Waals surface area contributed by atoms with E-state index < -0.39 is 11.9 Å². The van der Waals surface area contributed by atoms with E-state index in [4.69, 9.17) is 9.47 Å². The predicted molar refractivity (Wildman–Crippen MR) is 107 cm³/mol. The number of hydrogen-bond acceptors (Lipinski definition) is 8. The average Bonchev–Trinajstić information content (AvgIpc) is 3.00. The number of carbonyl (C=O) groups excluding carboxylic acids is 2. The smallest absolute Gasteiger partial charge is 0.350 e. The van der Waals surface area contributed by atoms with Gasteiger partial charge < -0.3 is 9.47 Å². The molecule has 1 atom stereocenters. The molecule has 0 radical (unpaired) electrons. The summed E-state index contributed by atoms with van der Waals surface area (Å²) in [6.07, 6.45) is 0.510. The number of hydrazone groups is 1. The Bertz CT molecular complexity index is 925. The maximum atomic E-state index is 12.3. The molecule has 1 N–H and O–H groups in total. The molecule has 1 aromatic heterocycles. The van der Waals surface area contributed by atoms with Crippen LogP contribution in [0.15, 0.2) is 27.8 Å². The van der Waals surface area contributed by atoms with E-state index in [9.17, 15) is 9.59 Å². The second kappa shape index (κ2) is 8.18. The zero-order valence-corrected chi connectivity index (χ0v) is 17.4. The van der Waals surface area contributed by atoms with Crippen molar-refractivity contribution in [2.45, 2.75) is 27.2 Å². The Labute approximate surface area is 168 Å². The fraction of sp³-hybridized carbons (Fsp3) is 0.333. The summed E-state index contributed by atoms with van der Waals surface area (Å²) in [5, 5.41) is 4.73. The number of fused-ring (bicyclic) bond motifs is 1. The quantitative estimate of drug-likeness (QED) is 0.320. The molecule has 0 bridgehead atoms. The van der Waals surface area contributed by atoms with Crippen molar-refractivity contribution in [2.75, 3.05) is 12.0 Å². The Morgan fingerprint density at radius 3 is 3.04 bits per heavy atom. The van der Waals surface area contributed by atoms with Crippen molar-refractivity contribution in [3.05, 3.63) is 38.8 Å². The van der Waals surface area contributed by atoms with Crippen LogP contribution in [0.2, 0.25) is 0 Å². The van der Waals surface area contributed by atoms with Gasteiger partial charge >= 0.3 is 11.9 Å². The molecule has 142 valence electrons. The summed E-state index contributed by atoms with van der Waals surface area (Å²) in [7, 11) is 0. The van der Waals surface area contributed by atoms with Crippen LogP contribution >= 0.6 is 27.3 Å². The molecular weight excluding hydrogens is 434 g/mol. The summed E-state index contributed by atoms with van der Waals surface area (Å²) >= 11 is 4.59. The molecule has 2 heterocycles. The van der Waals surface area contributed by atoms with E-state index >= 15 is 0 Å². The van der Waals surface area contributed by atoms with Gasteiger partial charge in [-0.2, -0.15) is 5.10 Å². The van der Waals surface area contributed by atoms with Gasteiger partial charge in [0.25, 0.3) is 0 Å². The standard InChI is InChI=1S/C18H18BrN3O4S/c1-4-25-17(24)15-10(3)20-18(27-15)22-21-9(2)13-8-11-7-12(19)5-6-14(11)26-16(13)23/h5-7,13H,4,8H2,1-3H3,(H,20,22)/b21-9+. The topological polar surface area (TPSA) is 89.9 Å². The van der Waals surface area contributed by atoms with Gasteiger partial charge in [0, 0.05) is 10.2 Å². The highest BCUT2D eigenvalue weighted by molar-refractivity contribution is 9.10. The number of nitrogens with zero attached hydrogens (tertiary/aromatic N) is 2. The fourth-order valence-electron chi connectivity index (χ4n) is 2.65. The normalized spacial score (nSPS) is 16.5. The molecule has 1 aliphatic heterocycles. The van der Waals surface area contributed by atoms with E-state index in [2.05, 4.69) is 31.4 Å². The molecule has 1 unspecified atom stereocenters. The number of rotatable bonds is 5. The first kappa shape index (κ1) is 19.5. The second-order valence-electron chi connectivity index (χ2n) is 5.95. The minimum Gasteiger partial charge on any atom is -0.462 e. The number of esters is 2. The van der Waals surface area contributed by atoms with E-state index in [1.54, 1.807) is 26.8 Å². The first-order chi connectivity index (χ1) is 12.9. The maximum absolute atomic E-state index is 12.3. The molecule has 0 saturated carbocycles. The highest BCUT2D eigenvalue weighted by Gasteiger charge is 2.31. The van der Waals surface area contributed by atoms with Gasteiger partial charge in [-0.3, -0.25) is 10.2 Å². The molecule has 0 aliphatic carbocycles. The zero-order chi connectivity index (χ0) is 19.6. The largest absolute Gasteiger partial charge is 0.462 e. The summed E-state index contributed by atoms with van der Waals surface area (Å²) < 4.78 is 11.3. The van der Waals surface area contributed by atoms with Crippen LogP contribution in [0.5, 0.6) is 5.75 Å². The molecule has 0 amide bonds. The van der Waals surface area contributed by atoms with Gasteiger partial charge in [0.05, 0.1) is 12.3 Å². The van der Waals surface area contributed by atoms with E-state index in [0.717, 1.165) is 21.4 Å². The first-order valence-electron chi connectivity index (χ1n) is 8.34. The van der Waals surface area contributed by atoms with Gasteiger partial charge in [-0.05, 0) is 51.0 Å². The highest BCUT2D eigenvalue weighted by atomic mass is 79.9. The number of carbonyl (C=O) groups is 2. The monoisotopic (exact) mass is 451 g/mol. The predicted octanol–water partition coefficient (Wildman–Crippen LogP) is 3.96. The number of aryl methyl sites for hydroxylation is 1. The number of nitrogens with one attached hydrogen (secondary N) is 1. The minimum atomic E-state index is -0.482. The van der Waals surface area contributed by atoms with Crippen LogP contribution in [-0.2, 0) is 16.0 Å². The lowest BCUT2D eigenvalue weighted by atomic mass is 9.93. The van der Waals surface area contributed by atoms with Crippen LogP contribution in [0, 0.1) is 12.8 Å². The molecule has 3 rings (SSSR count). The van der Waals surface area contributed by atoms with Crippen molar-refractivity contribution >= 4 is 50.0 Å². The average molecular weight is 452 g/mol. The number of anilines is 1. The lowest BCUT2D eigenvalue weighted by Crippen LogP contribution is -2.33. The van der Waals surface area contributed by atoms with Crippen molar-refractivity contribution in [1.82, 2.24) is 4.98 Å². The van der Waals surface area contributed by atoms with Crippen LogP contribution in [0.25, 0.3) is 0 Å². The molecular formula is C18H18BrN3O4S. The van der Waals surface area contributed by atoms with Gasteiger partial charge in [0.2, 0.25) is 5.13 Å². The zero-order valence-electron chi connectivity index (χ0n) is 15.0. The SMILES string of the molecule is CCOC(=O)c1sc(N/N=C(\C)C2Cc3cc(Br)ccc3OC2=O)nc1C. The minimum absolute atomic E-state index is 0.303. The third kappa shape index (κ3) is 4.36. The molecule has 0 fully saturated rings. The van der Waals surface area contributed by atoms with E-state index in [-0.39, 0.29) is 5.97 Å². The molecule has 27 heavy (non-hydrogen) atoms. The Kier molecular flexibility index (Phi) is 5.91. The number of aromatic nitrogens is 1. The maximum Gasteiger partial charge on any atom is 0.350 e. The van der Waals surface area contributed by atoms with Crippen molar-refractivity contribution in [1.29, 1.82) is 0 Å². The van der Waals surface area contributed by atoms with Crippen LogP contribution in [-0.4, -0.2) is 29.2 Å². The highest BCUT2D eigenvalue weighted by Crippen LogP contribution is 2.31. The molecule has 7 nitrogen and oxygen atoms in total. The van der Waals surface area contributed by atoms with Crippen molar-refractivity contribution < 1.29 is 19.1 Å². The molecule has 9 heteroatoms. The Balaban J connectivity index is 1.73. The van der Waals surface area contributed by atoms with Gasteiger partial charge in [0.1, 0.15) is 16.5 Å². The number of ether oxygens (including phenoxy) is 2. The number of hydrogen-bond donors (Lipinski definition) is 1. The lowest BCUT2D eigenvalue weighted by Gasteiger charge is -2.23. The van der Waals surface area contributed by atoms with Crippen LogP contribution in [0.1, 0.15) is 34.8 Å². The fourth-order valence-corrected chi connectivity index (χ4v) is 3.86. The molecule has 2 aromatic rings. The second-order valence-corrected chi connectivity index (χ2v) is 7.86. The Morgan fingerprint density at radius 1 is 1.52 bits per heavy atom. The van der Waals surface area contributed by atoms with Crippen LogP contribution in [0.4, 0.5) is 5.13 Å². The third-order valence-electron chi connectivity index (χ3n) is 4.03. The number of halogens is 1. The van der Waals surface area contributed by atoms with E-state index in [1.165, 1.54) is 0 Å². The molecule has 1 aliphatic rings. The Hall–Kier alpha value is -2.26. The molecule has 0 saturated heterocycles. The number of benzene rings is 1. The van der Waals surface area contributed by atoms with Crippen LogP contribution < -0.4 is 10.2 Å². The van der Waals surface area contributed by atoms with E-state index in [1.807, 2.05) is 12.1 Å². The van der Waals surface area contributed by atoms with E-state index in [0.29, 0.717) is 40.2 Å². The third-order valence-corrected chi connectivity index (χ3v) is 5.57. The van der Waals surface area contributed by atoms with Crippen LogP contribution in [0.3, 0.4) is 0 Å². The van der Waals surface area contributed by atoms with Gasteiger partial charge in [-0.25, -0.2) is 9.78 Å². The van der Waals surface area contributed by atoms with Crippen molar-refractivity contribution in [3.8, 4) is 5.75 Å². The first-order valence-corrected chi connectivity index (χ1v) is 9.94. The van der Waals surface area contributed by atoms with Crippen molar-refractivity contribution in [3.63, 3.8) is 0 Å². The summed E-state index contributed by atoms with van der Waals surface area (Å²) in [6, 6.07) is 5.54. The van der Waals surface area contributed by atoms with Gasteiger partial charge in [-0.1, -0.05) is 27.3 Å². The summed E-state index contributed by atoms with van der Waals surface area (Å²) in [5.74, 6) is -0.644. The molecule has 1 aromatic carbocycles. The van der Waals surface area contributed by atoms with Crippen molar-refractivity contribution in [2.24, 2.45) is 11.0 Å².